The number of benzene rings is 1. The lowest BCUT2D eigenvalue weighted by Crippen LogP contribution is -2.40. The summed E-state index contributed by atoms with van der Waals surface area (Å²) in [6, 6.07) is 6.84. The number of fused-ring (bicyclic) bond motifs is 1. The number of amides is 2. The first-order chi connectivity index (χ1) is 11.8. The van der Waals surface area contributed by atoms with E-state index in [1.54, 1.807) is 29.4 Å². The number of hydrogen-bond donors (Lipinski definition) is 2. The second kappa shape index (κ2) is 6.42. The first kappa shape index (κ1) is 16.7. The maximum Gasteiger partial charge on any atom is 0.451 e. The zero-order valence-electron chi connectivity index (χ0n) is 12.6. The molecule has 0 bridgehead atoms. The molecular formula is C14H12F3N5O3. The van der Waals surface area contributed by atoms with Gasteiger partial charge in [0.1, 0.15) is 5.75 Å². The van der Waals surface area contributed by atoms with Crippen LogP contribution in [-0.2, 0) is 15.8 Å². The highest BCUT2D eigenvalue weighted by Gasteiger charge is 2.35. The van der Waals surface area contributed by atoms with Crippen molar-refractivity contribution in [3.63, 3.8) is 0 Å². The van der Waals surface area contributed by atoms with Gasteiger partial charge in [0, 0.05) is 13.0 Å². The van der Waals surface area contributed by atoms with E-state index in [4.69, 9.17) is 4.74 Å². The summed E-state index contributed by atoms with van der Waals surface area (Å²) in [5, 5.41) is 7.13. The van der Waals surface area contributed by atoms with Crippen LogP contribution in [0.25, 0.3) is 0 Å². The van der Waals surface area contributed by atoms with E-state index in [1.807, 2.05) is 0 Å². The Balaban J connectivity index is 1.61. The molecule has 0 saturated heterocycles. The Morgan fingerprint density at radius 1 is 1.36 bits per heavy atom. The monoisotopic (exact) mass is 355 g/mol. The van der Waals surface area contributed by atoms with Gasteiger partial charge in [0.15, 0.2) is 6.61 Å². The Morgan fingerprint density at radius 3 is 2.84 bits per heavy atom. The van der Waals surface area contributed by atoms with Crippen molar-refractivity contribution >= 4 is 23.5 Å². The van der Waals surface area contributed by atoms with Gasteiger partial charge >= 0.3 is 6.18 Å². The standard InChI is InChI=1S/C14H12F3N5O3/c15-14(16,17)12-19-13(21-20-12)18-10(23)5-6-22-8-3-1-2-4-9(8)25-7-11(22)24/h1-4H,5-7H2,(H2,18,19,20,21,23). The highest BCUT2D eigenvalue weighted by atomic mass is 19.4. The van der Waals surface area contributed by atoms with Gasteiger partial charge in [0.25, 0.3) is 5.91 Å². The summed E-state index contributed by atoms with van der Waals surface area (Å²) >= 11 is 0. The molecule has 0 atom stereocenters. The molecule has 1 aromatic heterocycles. The third-order valence-corrected chi connectivity index (χ3v) is 3.38. The van der Waals surface area contributed by atoms with Crippen LogP contribution in [0.5, 0.6) is 5.75 Å². The number of alkyl halides is 3. The fourth-order valence-corrected chi connectivity index (χ4v) is 2.24. The Labute approximate surface area is 139 Å². The Hall–Kier alpha value is -3.11. The van der Waals surface area contributed by atoms with Crippen LogP contribution >= 0.6 is 0 Å². The average molecular weight is 355 g/mol. The fraction of sp³-hybridized carbons (Fsp3) is 0.286. The van der Waals surface area contributed by atoms with E-state index < -0.39 is 23.9 Å². The van der Waals surface area contributed by atoms with Crippen molar-refractivity contribution in [1.29, 1.82) is 0 Å². The number of para-hydroxylation sites is 2. The van der Waals surface area contributed by atoms with E-state index in [1.165, 1.54) is 4.90 Å². The molecule has 0 unspecified atom stereocenters. The minimum Gasteiger partial charge on any atom is -0.482 e. The zero-order chi connectivity index (χ0) is 18.0. The molecule has 0 saturated carbocycles. The number of halogens is 3. The molecule has 8 nitrogen and oxygen atoms in total. The molecule has 0 spiro atoms. The maximum atomic E-state index is 12.4. The average Bonchev–Trinajstić information content (AvgIpc) is 3.02. The van der Waals surface area contributed by atoms with Crippen LogP contribution in [0.1, 0.15) is 12.2 Å². The number of rotatable bonds is 4. The molecule has 0 aliphatic carbocycles. The van der Waals surface area contributed by atoms with Crippen molar-refractivity contribution in [3.05, 3.63) is 30.1 Å². The van der Waals surface area contributed by atoms with Gasteiger partial charge < -0.3 is 9.64 Å². The van der Waals surface area contributed by atoms with Gasteiger partial charge in [-0.15, -0.1) is 5.10 Å². The second-order valence-electron chi connectivity index (χ2n) is 5.11. The number of H-pyrrole nitrogens is 1. The lowest BCUT2D eigenvalue weighted by atomic mass is 10.2. The van der Waals surface area contributed by atoms with Crippen molar-refractivity contribution in [2.45, 2.75) is 12.6 Å². The number of ether oxygens (including phenoxy) is 1. The molecule has 3 rings (SSSR count). The first-order valence-electron chi connectivity index (χ1n) is 7.16. The Kier molecular flexibility index (Phi) is 4.30. The molecule has 1 aromatic carbocycles. The summed E-state index contributed by atoms with van der Waals surface area (Å²) in [4.78, 5) is 28.4. The summed E-state index contributed by atoms with van der Waals surface area (Å²) in [5.41, 5.74) is 0.531. The maximum absolute atomic E-state index is 12.4. The Bertz CT molecular complexity index is 805. The number of nitrogens with one attached hydrogen (secondary N) is 2. The van der Waals surface area contributed by atoms with Gasteiger partial charge in [-0.25, -0.2) is 0 Å². The molecule has 1 aliphatic rings. The van der Waals surface area contributed by atoms with E-state index in [0.29, 0.717) is 11.4 Å². The molecule has 2 heterocycles. The van der Waals surface area contributed by atoms with Gasteiger partial charge in [0.05, 0.1) is 5.69 Å². The number of aromatic nitrogens is 3. The van der Waals surface area contributed by atoms with E-state index in [9.17, 15) is 22.8 Å². The van der Waals surface area contributed by atoms with Crippen molar-refractivity contribution in [3.8, 4) is 5.75 Å². The predicted molar refractivity (Wildman–Crippen MR) is 78.9 cm³/mol. The van der Waals surface area contributed by atoms with Crippen molar-refractivity contribution in [2.75, 3.05) is 23.4 Å². The number of nitrogens with zero attached hydrogens (tertiary/aromatic N) is 3. The van der Waals surface area contributed by atoms with Crippen molar-refractivity contribution in [1.82, 2.24) is 15.2 Å². The highest BCUT2D eigenvalue weighted by molar-refractivity contribution is 5.99. The highest BCUT2D eigenvalue weighted by Crippen LogP contribution is 2.31. The second-order valence-corrected chi connectivity index (χ2v) is 5.11. The molecule has 0 fully saturated rings. The van der Waals surface area contributed by atoms with Gasteiger partial charge in [-0.3, -0.25) is 20.0 Å². The molecular weight excluding hydrogens is 343 g/mol. The number of carbonyl (C=O) groups excluding carboxylic acids is 2. The van der Waals surface area contributed by atoms with Crippen molar-refractivity contribution < 1.29 is 27.5 Å². The quantitative estimate of drug-likeness (QED) is 0.867. The molecule has 0 radical (unpaired) electrons. The molecule has 2 amide bonds. The van der Waals surface area contributed by atoms with Gasteiger partial charge in [-0.1, -0.05) is 12.1 Å². The van der Waals surface area contributed by atoms with E-state index >= 15 is 0 Å². The minimum absolute atomic E-state index is 0.0432. The van der Waals surface area contributed by atoms with E-state index in [2.05, 4.69) is 15.4 Å². The number of hydrogen-bond acceptors (Lipinski definition) is 5. The summed E-state index contributed by atoms with van der Waals surface area (Å²) in [6.45, 7) is -0.101. The lowest BCUT2D eigenvalue weighted by molar-refractivity contribution is -0.144. The lowest BCUT2D eigenvalue weighted by Gasteiger charge is -2.29. The zero-order valence-corrected chi connectivity index (χ0v) is 12.6. The van der Waals surface area contributed by atoms with E-state index in [0.717, 1.165) is 0 Å². The molecule has 2 N–H and O–H groups in total. The van der Waals surface area contributed by atoms with Crippen LogP contribution < -0.4 is 15.0 Å². The SMILES string of the molecule is O=C(CCN1C(=O)COc2ccccc21)Nc1n[nH]c(C(F)(F)F)n1. The summed E-state index contributed by atoms with van der Waals surface area (Å²) in [5.74, 6) is -2.20. The van der Waals surface area contributed by atoms with Crippen LogP contribution in [0.2, 0.25) is 0 Å². The normalized spacial score (nSPS) is 14.0. The topological polar surface area (TPSA) is 100 Å². The summed E-state index contributed by atoms with van der Waals surface area (Å²) in [7, 11) is 0. The minimum atomic E-state index is -4.68. The summed E-state index contributed by atoms with van der Waals surface area (Å²) in [6.07, 6.45) is -4.82. The third kappa shape index (κ3) is 3.70. The molecule has 25 heavy (non-hydrogen) atoms. The first-order valence-corrected chi connectivity index (χ1v) is 7.16. The molecule has 2 aromatic rings. The van der Waals surface area contributed by atoms with Crippen LogP contribution in [0, 0.1) is 0 Å². The van der Waals surface area contributed by atoms with E-state index in [-0.39, 0.29) is 25.5 Å². The molecule has 11 heteroatoms. The van der Waals surface area contributed by atoms with Crippen molar-refractivity contribution in [2.24, 2.45) is 0 Å². The molecule has 1 aliphatic heterocycles. The van der Waals surface area contributed by atoms with Crippen LogP contribution in [0.15, 0.2) is 24.3 Å². The largest absolute Gasteiger partial charge is 0.482 e. The van der Waals surface area contributed by atoms with Crippen LogP contribution in [0.3, 0.4) is 0 Å². The third-order valence-electron chi connectivity index (χ3n) is 3.38. The van der Waals surface area contributed by atoms with Gasteiger partial charge in [-0.2, -0.15) is 18.2 Å². The summed E-state index contributed by atoms with van der Waals surface area (Å²) < 4.78 is 42.5. The number of aromatic amines is 1. The van der Waals surface area contributed by atoms with Crippen LogP contribution in [0.4, 0.5) is 24.8 Å². The Morgan fingerprint density at radius 2 is 2.12 bits per heavy atom. The predicted octanol–water partition coefficient (Wildman–Crippen LogP) is 1.58. The molecule has 132 valence electrons. The number of carbonyl (C=O) groups is 2. The van der Waals surface area contributed by atoms with Crippen LogP contribution in [-0.4, -0.2) is 40.1 Å². The van der Waals surface area contributed by atoms with Gasteiger partial charge in [-0.05, 0) is 12.1 Å². The fourth-order valence-electron chi connectivity index (χ4n) is 2.24. The number of anilines is 2. The smallest absolute Gasteiger partial charge is 0.451 e. The van der Waals surface area contributed by atoms with Gasteiger partial charge in [0.2, 0.25) is 17.7 Å².